The molecule has 2 heterocycles. The minimum atomic E-state index is -0.576. The van der Waals surface area contributed by atoms with E-state index in [-0.39, 0.29) is 5.91 Å². The second kappa shape index (κ2) is 5.93. The molecule has 1 fully saturated rings. The first-order chi connectivity index (χ1) is 10.5. The van der Waals surface area contributed by atoms with Crippen LogP contribution in [0.5, 0.6) is 0 Å². The maximum Gasteiger partial charge on any atom is 0.244 e. The van der Waals surface area contributed by atoms with Gasteiger partial charge in [-0.3, -0.25) is 9.48 Å². The molecular weight excluding hydrogens is 276 g/mol. The molecule has 1 aliphatic heterocycles. The zero-order valence-electron chi connectivity index (χ0n) is 13.1. The number of carbonyl (C=O) groups excluding carboxylic acids is 1. The predicted octanol–water partition coefficient (Wildman–Crippen LogP) is 1.74. The van der Waals surface area contributed by atoms with Crippen LogP contribution in [0.4, 0.5) is 0 Å². The molecule has 1 aromatic carbocycles. The van der Waals surface area contributed by atoms with Crippen molar-refractivity contribution in [3.63, 3.8) is 0 Å². The van der Waals surface area contributed by atoms with Gasteiger partial charge in [0.05, 0.1) is 6.20 Å². The van der Waals surface area contributed by atoms with Gasteiger partial charge in [0, 0.05) is 32.3 Å². The first-order valence-electron chi connectivity index (χ1n) is 7.64. The van der Waals surface area contributed by atoms with Gasteiger partial charge in [-0.25, -0.2) is 0 Å². The number of likely N-dealkylation sites (tertiary alicyclic amines) is 1. The summed E-state index contributed by atoms with van der Waals surface area (Å²) < 4.78 is 1.80. The van der Waals surface area contributed by atoms with Gasteiger partial charge in [-0.05, 0) is 24.5 Å². The Kier molecular flexibility index (Phi) is 3.98. The molecule has 2 N–H and O–H groups in total. The standard InChI is InChI=1S/C17H22N4O/c1-12-3-5-13(6-4-12)16(18)17(22)21-8-7-14(11-21)15-9-19-20(2)10-15/h3-6,9-10,14,16H,7-8,11,18H2,1-2H3. The van der Waals surface area contributed by atoms with Crippen LogP contribution >= 0.6 is 0 Å². The fourth-order valence-corrected chi connectivity index (χ4v) is 3.00. The van der Waals surface area contributed by atoms with E-state index in [1.165, 1.54) is 11.1 Å². The number of aromatic nitrogens is 2. The predicted molar refractivity (Wildman–Crippen MR) is 85.3 cm³/mol. The molecular formula is C17H22N4O. The van der Waals surface area contributed by atoms with Crippen LogP contribution in [0.3, 0.4) is 0 Å². The van der Waals surface area contributed by atoms with Gasteiger partial charge in [-0.15, -0.1) is 0 Å². The Morgan fingerprint density at radius 2 is 2.09 bits per heavy atom. The van der Waals surface area contributed by atoms with Gasteiger partial charge in [0.2, 0.25) is 5.91 Å². The number of hydrogen-bond acceptors (Lipinski definition) is 3. The van der Waals surface area contributed by atoms with Crippen LogP contribution in [0.1, 0.15) is 35.1 Å². The average Bonchev–Trinajstić information content (AvgIpc) is 3.15. The summed E-state index contributed by atoms with van der Waals surface area (Å²) in [4.78, 5) is 14.5. The molecule has 22 heavy (non-hydrogen) atoms. The third-order valence-corrected chi connectivity index (χ3v) is 4.40. The maximum atomic E-state index is 12.6. The van der Waals surface area contributed by atoms with Gasteiger partial charge in [0.1, 0.15) is 6.04 Å². The molecule has 2 unspecified atom stereocenters. The Bertz CT molecular complexity index is 662. The van der Waals surface area contributed by atoms with Crippen LogP contribution in [0.15, 0.2) is 36.7 Å². The van der Waals surface area contributed by atoms with E-state index in [2.05, 4.69) is 5.10 Å². The average molecular weight is 298 g/mol. The van der Waals surface area contributed by atoms with Gasteiger partial charge in [0.15, 0.2) is 0 Å². The quantitative estimate of drug-likeness (QED) is 0.939. The van der Waals surface area contributed by atoms with Crippen molar-refractivity contribution in [1.82, 2.24) is 14.7 Å². The molecule has 0 spiro atoms. The van der Waals surface area contributed by atoms with E-state index in [0.29, 0.717) is 5.92 Å². The molecule has 0 radical (unpaired) electrons. The molecule has 5 heteroatoms. The summed E-state index contributed by atoms with van der Waals surface area (Å²) >= 11 is 0. The van der Waals surface area contributed by atoms with Gasteiger partial charge < -0.3 is 10.6 Å². The van der Waals surface area contributed by atoms with E-state index < -0.39 is 6.04 Å². The maximum absolute atomic E-state index is 12.6. The molecule has 2 aromatic rings. The second-order valence-electron chi connectivity index (χ2n) is 6.11. The molecule has 2 atom stereocenters. The van der Waals surface area contributed by atoms with Crippen LogP contribution in [-0.4, -0.2) is 33.7 Å². The normalized spacial score (nSPS) is 19.4. The largest absolute Gasteiger partial charge is 0.340 e. The summed E-state index contributed by atoms with van der Waals surface area (Å²) in [5.74, 6) is 0.373. The second-order valence-corrected chi connectivity index (χ2v) is 6.11. The van der Waals surface area contributed by atoms with Crippen molar-refractivity contribution in [3.8, 4) is 0 Å². The van der Waals surface area contributed by atoms with Crippen molar-refractivity contribution in [2.45, 2.75) is 25.3 Å². The van der Waals surface area contributed by atoms with Crippen LogP contribution < -0.4 is 5.73 Å². The lowest BCUT2D eigenvalue weighted by atomic mass is 10.0. The summed E-state index contributed by atoms with van der Waals surface area (Å²) in [6.45, 7) is 3.51. The highest BCUT2D eigenvalue weighted by molar-refractivity contribution is 5.83. The highest BCUT2D eigenvalue weighted by Gasteiger charge is 2.31. The molecule has 1 saturated heterocycles. The zero-order chi connectivity index (χ0) is 15.7. The molecule has 1 aromatic heterocycles. The third-order valence-electron chi connectivity index (χ3n) is 4.40. The van der Waals surface area contributed by atoms with E-state index in [1.54, 1.807) is 4.68 Å². The monoisotopic (exact) mass is 298 g/mol. The number of aryl methyl sites for hydroxylation is 2. The molecule has 116 valence electrons. The topological polar surface area (TPSA) is 64.2 Å². The Hall–Kier alpha value is -2.14. The Morgan fingerprint density at radius 1 is 1.36 bits per heavy atom. The van der Waals surface area contributed by atoms with Gasteiger partial charge in [-0.2, -0.15) is 5.10 Å². The highest BCUT2D eigenvalue weighted by Crippen LogP contribution is 2.28. The lowest BCUT2D eigenvalue weighted by Crippen LogP contribution is -2.37. The van der Waals surface area contributed by atoms with Crippen LogP contribution in [0, 0.1) is 6.92 Å². The van der Waals surface area contributed by atoms with Crippen molar-refractivity contribution in [3.05, 3.63) is 53.3 Å². The molecule has 1 aliphatic rings. The molecule has 0 saturated carbocycles. The molecule has 1 amide bonds. The van der Waals surface area contributed by atoms with E-state index >= 15 is 0 Å². The van der Waals surface area contributed by atoms with E-state index in [1.807, 2.05) is 55.5 Å². The van der Waals surface area contributed by atoms with E-state index in [4.69, 9.17) is 5.73 Å². The smallest absolute Gasteiger partial charge is 0.244 e. The number of nitrogens with two attached hydrogens (primary N) is 1. The summed E-state index contributed by atoms with van der Waals surface area (Å²) in [6, 6.07) is 7.28. The van der Waals surface area contributed by atoms with Gasteiger partial charge in [-0.1, -0.05) is 29.8 Å². The summed E-state index contributed by atoms with van der Waals surface area (Å²) in [5.41, 5.74) is 9.39. The van der Waals surface area contributed by atoms with Crippen molar-refractivity contribution < 1.29 is 4.79 Å². The van der Waals surface area contributed by atoms with Crippen molar-refractivity contribution >= 4 is 5.91 Å². The number of amides is 1. The first kappa shape index (κ1) is 14.8. The fourth-order valence-electron chi connectivity index (χ4n) is 3.00. The number of nitrogens with zero attached hydrogens (tertiary/aromatic N) is 3. The number of benzene rings is 1. The summed E-state index contributed by atoms with van der Waals surface area (Å²) in [7, 11) is 1.91. The molecule has 0 aliphatic carbocycles. The van der Waals surface area contributed by atoms with Gasteiger partial charge in [0.25, 0.3) is 0 Å². The van der Waals surface area contributed by atoms with E-state index in [9.17, 15) is 4.79 Å². The highest BCUT2D eigenvalue weighted by atomic mass is 16.2. The number of carbonyl (C=O) groups is 1. The lowest BCUT2D eigenvalue weighted by molar-refractivity contribution is -0.131. The summed E-state index contributed by atoms with van der Waals surface area (Å²) in [6.07, 6.45) is 4.88. The van der Waals surface area contributed by atoms with Crippen LogP contribution in [0.25, 0.3) is 0 Å². The lowest BCUT2D eigenvalue weighted by Gasteiger charge is -2.21. The zero-order valence-corrected chi connectivity index (χ0v) is 13.1. The van der Waals surface area contributed by atoms with Gasteiger partial charge >= 0.3 is 0 Å². The minimum Gasteiger partial charge on any atom is -0.340 e. The SMILES string of the molecule is Cc1ccc(C(N)C(=O)N2CCC(c3cnn(C)c3)C2)cc1. The third kappa shape index (κ3) is 2.90. The molecule has 0 bridgehead atoms. The Balaban J connectivity index is 1.67. The minimum absolute atomic E-state index is 0.00948. The number of hydrogen-bond donors (Lipinski definition) is 1. The van der Waals surface area contributed by atoms with E-state index in [0.717, 1.165) is 25.1 Å². The number of rotatable bonds is 3. The Labute approximate surface area is 130 Å². The summed E-state index contributed by atoms with van der Waals surface area (Å²) in [5, 5.41) is 4.21. The van der Waals surface area contributed by atoms with Crippen molar-refractivity contribution in [1.29, 1.82) is 0 Å². The van der Waals surface area contributed by atoms with Crippen LogP contribution in [0.2, 0.25) is 0 Å². The molecule has 3 rings (SSSR count). The van der Waals surface area contributed by atoms with Crippen molar-refractivity contribution in [2.24, 2.45) is 12.8 Å². The van der Waals surface area contributed by atoms with Crippen molar-refractivity contribution in [2.75, 3.05) is 13.1 Å². The Morgan fingerprint density at radius 3 is 2.73 bits per heavy atom. The first-order valence-corrected chi connectivity index (χ1v) is 7.64. The molecule has 5 nitrogen and oxygen atoms in total. The fraction of sp³-hybridized carbons (Fsp3) is 0.412. The van der Waals surface area contributed by atoms with Crippen LogP contribution in [-0.2, 0) is 11.8 Å².